The van der Waals surface area contributed by atoms with E-state index in [0.29, 0.717) is 18.4 Å². The molecule has 22 heavy (non-hydrogen) atoms. The van der Waals surface area contributed by atoms with Gasteiger partial charge in [-0.2, -0.15) is 0 Å². The van der Waals surface area contributed by atoms with Crippen molar-refractivity contribution in [1.82, 2.24) is 0 Å². The van der Waals surface area contributed by atoms with Gasteiger partial charge in [0, 0.05) is 22.8 Å². The smallest absolute Gasteiger partial charge is 0.142 e. The maximum absolute atomic E-state index is 12.4. The number of carbonyl (C=O) groups excluding carboxylic acids is 1. The highest BCUT2D eigenvalue weighted by Gasteiger charge is 2.52. The second kappa shape index (κ2) is 4.48. The molecule has 0 heterocycles. The zero-order chi connectivity index (χ0) is 16.3. The Morgan fingerprint density at radius 2 is 1.95 bits per heavy atom. The molecule has 1 atom stereocenters. The van der Waals surface area contributed by atoms with E-state index in [0.717, 1.165) is 22.4 Å². The van der Waals surface area contributed by atoms with E-state index in [9.17, 15) is 9.90 Å². The molecule has 0 spiro atoms. The largest absolute Gasteiger partial charge is 0.507 e. The van der Waals surface area contributed by atoms with Gasteiger partial charge in [-0.1, -0.05) is 19.6 Å². The van der Waals surface area contributed by atoms with Gasteiger partial charge in [0.25, 0.3) is 0 Å². The average Bonchev–Trinajstić information content (AvgIpc) is 2.48. The minimum atomic E-state index is -0.680. The maximum Gasteiger partial charge on any atom is 0.142 e. The number of aliphatic hydroxyl groups is 1. The first-order valence-corrected chi connectivity index (χ1v) is 7.59. The minimum absolute atomic E-state index is 0.172. The number of methoxy groups -OCH3 is 1. The van der Waals surface area contributed by atoms with Gasteiger partial charge < -0.3 is 9.84 Å². The molecule has 0 aromatic heterocycles. The summed E-state index contributed by atoms with van der Waals surface area (Å²) in [6, 6.07) is 5.84. The Balaban J connectivity index is 2.33. The van der Waals surface area contributed by atoms with Crippen LogP contribution >= 0.6 is 0 Å². The van der Waals surface area contributed by atoms with Gasteiger partial charge in [0.1, 0.15) is 17.3 Å². The molecule has 1 unspecified atom stereocenters. The third-order valence-corrected chi connectivity index (χ3v) is 5.39. The maximum atomic E-state index is 12.4. The zero-order valence-electron chi connectivity index (χ0n) is 13.6. The van der Waals surface area contributed by atoms with Crippen LogP contribution in [-0.4, -0.2) is 18.0 Å². The van der Waals surface area contributed by atoms with E-state index in [1.807, 2.05) is 32.0 Å². The molecule has 1 N–H and O–H groups in total. The first-order valence-electron chi connectivity index (χ1n) is 7.59. The van der Waals surface area contributed by atoms with Crippen molar-refractivity contribution in [2.24, 2.45) is 5.41 Å². The van der Waals surface area contributed by atoms with E-state index in [4.69, 9.17) is 4.74 Å². The summed E-state index contributed by atoms with van der Waals surface area (Å²) in [6.07, 6.45) is 1.21. The lowest BCUT2D eigenvalue weighted by Gasteiger charge is -2.48. The molecule has 3 rings (SSSR count). The molecule has 0 aliphatic heterocycles. The van der Waals surface area contributed by atoms with Crippen molar-refractivity contribution in [2.45, 2.75) is 39.0 Å². The number of hydrogen-bond donors (Lipinski definition) is 1. The lowest BCUT2D eigenvalue weighted by molar-refractivity contribution is -0.127. The fourth-order valence-corrected chi connectivity index (χ4v) is 4.11. The predicted octanol–water partition coefficient (Wildman–Crippen LogP) is 4.18. The minimum Gasteiger partial charge on any atom is -0.507 e. The molecule has 1 aromatic carbocycles. The highest BCUT2D eigenvalue weighted by atomic mass is 16.5. The van der Waals surface area contributed by atoms with Crippen LogP contribution in [0.25, 0.3) is 5.57 Å². The molecule has 1 saturated carbocycles. The number of fused-ring (bicyclic) bond motifs is 3. The molecule has 3 heteroatoms. The van der Waals surface area contributed by atoms with Crippen molar-refractivity contribution in [3.63, 3.8) is 0 Å². The highest BCUT2D eigenvalue weighted by Crippen LogP contribution is 2.57. The monoisotopic (exact) mass is 298 g/mol. The van der Waals surface area contributed by atoms with Crippen LogP contribution in [0.15, 0.2) is 36.1 Å². The SMILES string of the molecule is C=C1C(O)=C2C(C)(C)C(=O)CCC2(C)c2cc(OC)ccc21. The summed E-state index contributed by atoms with van der Waals surface area (Å²) in [7, 11) is 1.64. The third-order valence-electron chi connectivity index (χ3n) is 5.39. The lowest BCUT2D eigenvalue weighted by Crippen LogP contribution is -2.46. The summed E-state index contributed by atoms with van der Waals surface area (Å²) in [4.78, 5) is 12.4. The predicted molar refractivity (Wildman–Crippen MR) is 87.1 cm³/mol. The molecule has 1 aromatic rings. The number of rotatable bonds is 1. The van der Waals surface area contributed by atoms with Crippen LogP contribution in [0.1, 0.15) is 44.7 Å². The van der Waals surface area contributed by atoms with Gasteiger partial charge in [-0.15, -0.1) is 0 Å². The molecule has 2 aliphatic carbocycles. The number of aliphatic hydroxyl groups excluding tert-OH is 1. The van der Waals surface area contributed by atoms with Crippen molar-refractivity contribution in [1.29, 1.82) is 0 Å². The average molecular weight is 298 g/mol. The molecule has 2 aliphatic rings. The summed E-state index contributed by atoms with van der Waals surface area (Å²) in [5.41, 5.74) is 2.36. The van der Waals surface area contributed by atoms with Crippen LogP contribution in [0.4, 0.5) is 0 Å². The molecule has 0 radical (unpaired) electrons. The van der Waals surface area contributed by atoms with Gasteiger partial charge in [0.2, 0.25) is 0 Å². The standard InChI is InChI=1S/C19H22O3/c1-11-13-7-6-12(22-5)10-14(13)19(4)9-8-15(20)18(2,3)17(19)16(11)21/h6-7,10,21H,1,8-9H2,2-5H3. The Morgan fingerprint density at radius 3 is 2.59 bits per heavy atom. The van der Waals surface area contributed by atoms with Crippen LogP contribution in [0.2, 0.25) is 0 Å². The Hall–Kier alpha value is -2.03. The van der Waals surface area contributed by atoms with Crippen LogP contribution in [0, 0.1) is 5.41 Å². The molecular formula is C19H22O3. The van der Waals surface area contributed by atoms with Gasteiger partial charge in [-0.25, -0.2) is 0 Å². The van der Waals surface area contributed by atoms with Gasteiger partial charge in [0.05, 0.1) is 7.11 Å². The third kappa shape index (κ3) is 1.71. The molecule has 1 fully saturated rings. The summed E-state index contributed by atoms with van der Waals surface area (Å²) >= 11 is 0. The van der Waals surface area contributed by atoms with Crippen molar-refractivity contribution < 1.29 is 14.6 Å². The number of Topliss-reactive ketones (excluding diaryl/α,β-unsaturated/α-hetero) is 1. The molecule has 116 valence electrons. The normalized spacial score (nSPS) is 26.5. The second-order valence-electron chi connectivity index (χ2n) is 6.99. The first kappa shape index (κ1) is 14.9. The van der Waals surface area contributed by atoms with Crippen molar-refractivity contribution >= 4 is 11.4 Å². The van der Waals surface area contributed by atoms with E-state index in [-0.39, 0.29) is 17.0 Å². The quantitative estimate of drug-likeness (QED) is 0.846. The van der Waals surface area contributed by atoms with E-state index in [1.165, 1.54) is 0 Å². The van der Waals surface area contributed by atoms with E-state index >= 15 is 0 Å². The van der Waals surface area contributed by atoms with Gasteiger partial charge >= 0.3 is 0 Å². The molecule has 0 amide bonds. The van der Waals surface area contributed by atoms with Crippen LogP contribution < -0.4 is 4.74 Å². The molecule has 0 bridgehead atoms. The number of ether oxygens (including phenoxy) is 1. The number of allylic oxidation sites excluding steroid dienone is 2. The van der Waals surface area contributed by atoms with Gasteiger partial charge in [-0.05, 0) is 49.1 Å². The Bertz CT molecular complexity index is 724. The van der Waals surface area contributed by atoms with E-state index in [2.05, 4.69) is 13.5 Å². The first-order chi connectivity index (χ1) is 10.2. The van der Waals surface area contributed by atoms with Crippen LogP contribution in [-0.2, 0) is 10.2 Å². The van der Waals surface area contributed by atoms with Crippen molar-refractivity contribution in [3.8, 4) is 5.75 Å². The zero-order valence-corrected chi connectivity index (χ0v) is 13.6. The molecule has 3 nitrogen and oxygen atoms in total. The Morgan fingerprint density at radius 1 is 1.27 bits per heavy atom. The number of carbonyl (C=O) groups is 1. The van der Waals surface area contributed by atoms with Crippen molar-refractivity contribution in [2.75, 3.05) is 7.11 Å². The molecule has 0 saturated heterocycles. The topological polar surface area (TPSA) is 46.5 Å². The lowest BCUT2D eigenvalue weighted by atomic mass is 9.54. The van der Waals surface area contributed by atoms with Gasteiger partial charge in [-0.3, -0.25) is 4.79 Å². The summed E-state index contributed by atoms with van der Waals surface area (Å²) in [5, 5.41) is 10.8. The summed E-state index contributed by atoms with van der Waals surface area (Å²) < 4.78 is 5.37. The fourth-order valence-electron chi connectivity index (χ4n) is 4.11. The second-order valence-corrected chi connectivity index (χ2v) is 6.99. The number of hydrogen-bond acceptors (Lipinski definition) is 3. The molecular weight excluding hydrogens is 276 g/mol. The number of ketones is 1. The van der Waals surface area contributed by atoms with E-state index < -0.39 is 5.41 Å². The van der Waals surface area contributed by atoms with Crippen LogP contribution in [0.3, 0.4) is 0 Å². The highest BCUT2D eigenvalue weighted by molar-refractivity contribution is 5.94. The summed E-state index contributed by atoms with van der Waals surface area (Å²) in [5.74, 6) is 1.13. The number of benzene rings is 1. The Kier molecular flexibility index (Phi) is 3.03. The van der Waals surface area contributed by atoms with Gasteiger partial charge in [0.15, 0.2) is 0 Å². The van der Waals surface area contributed by atoms with E-state index in [1.54, 1.807) is 7.11 Å². The van der Waals surface area contributed by atoms with Crippen molar-refractivity contribution in [3.05, 3.63) is 47.2 Å². The fraction of sp³-hybridized carbons (Fsp3) is 0.421. The summed E-state index contributed by atoms with van der Waals surface area (Å²) in [6.45, 7) is 9.95. The van der Waals surface area contributed by atoms with Crippen LogP contribution in [0.5, 0.6) is 5.75 Å². The Labute approximate surface area is 131 Å².